The Morgan fingerprint density at radius 2 is 1.96 bits per heavy atom. The Labute approximate surface area is 151 Å². The summed E-state index contributed by atoms with van der Waals surface area (Å²) in [7, 11) is 0. The molecule has 1 heterocycles. The summed E-state index contributed by atoms with van der Waals surface area (Å²) in [6, 6.07) is 3.03. The monoisotopic (exact) mass is 389 g/mol. The van der Waals surface area contributed by atoms with Crippen molar-refractivity contribution in [1.82, 2.24) is 10.2 Å². The maximum absolute atomic E-state index is 13.6. The Bertz CT molecular complexity index is 709. The van der Waals surface area contributed by atoms with Crippen LogP contribution < -0.4 is 5.32 Å². The van der Waals surface area contributed by atoms with E-state index in [4.69, 9.17) is 0 Å². The van der Waals surface area contributed by atoms with Crippen LogP contribution >= 0.6 is 34.9 Å². The van der Waals surface area contributed by atoms with Crippen molar-refractivity contribution in [3.8, 4) is 0 Å². The topological polar surface area (TPSA) is 54.9 Å². The van der Waals surface area contributed by atoms with E-state index in [1.807, 2.05) is 0 Å². The number of carbonyl (C=O) groups is 1. The Morgan fingerprint density at radius 1 is 1.25 bits per heavy atom. The summed E-state index contributed by atoms with van der Waals surface area (Å²) in [6.45, 7) is 5.96. The molecule has 0 aliphatic carbocycles. The van der Waals surface area contributed by atoms with Crippen molar-refractivity contribution in [2.24, 2.45) is 5.92 Å². The van der Waals surface area contributed by atoms with Crippen molar-refractivity contribution in [2.75, 3.05) is 11.1 Å². The van der Waals surface area contributed by atoms with Gasteiger partial charge >= 0.3 is 0 Å². The number of halogens is 2. The molecule has 0 radical (unpaired) electrons. The third-order valence-corrected chi connectivity index (χ3v) is 6.43. The first kappa shape index (κ1) is 19.1. The van der Waals surface area contributed by atoms with Crippen LogP contribution in [-0.4, -0.2) is 27.1 Å². The zero-order valence-electron chi connectivity index (χ0n) is 13.4. The molecule has 1 aromatic carbocycles. The van der Waals surface area contributed by atoms with E-state index in [-0.39, 0.29) is 11.6 Å². The smallest absolute Gasteiger partial charge is 0.237 e. The second-order valence-electron chi connectivity index (χ2n) is 5.41. The number of aromatic nitrogens is 2. The van der Waals surface area contributed by atoms with E-state index in [1.54, 1.807) is 18.7 Å². The highest BCUT2D eigenvalue weighted by molar-refractivity contribution is 8.03. The van der Waals surface area contributed by atoms with Gasteiger partial charge in [0.25, 0.3) is 0 Å². The summed E-state index contributed by atoms with van der Waals surface area (Å²) < 4.78 is 28.0. The lowest BCUT2D eigenvalue weighted by molar-refractivity contribution is -0.115. The van der Waals surface area contributed by atoms with Crippen LogP contribution in [0, 0.1) is 17.6 Å². The van der Waals surface area contributed by atoms with E-state index in [2.05, 4.69) is 29.4 Å². The average molecular weight is 390 g/mol. The Morgan fingerprint density at radius 3 is 2.62 bits per heavy atom. The fourth-order valence-corrected chi connectivity index (χ4v) is 4.71. The van der Waals surface area contributed by atoms with Gasteiger partial charge in [-0.05, 0) is 25.0 Å². The third-order valence-electron chi connectivity index (χ3n) is 2.76. The second-order valence-corrected chi connectivity index (χ2v) is 9.24. The van der Waals surface area contributed by atoms with E-state index in [9.17, 15) is 13.6 Å². The molecule has 1 aromatic heterocycles. The summed E-state index contributed by atoms with van der Waals surface area (Å²) >= 11 is 4.33. The molecule has 0 aliphatic rings. The van der Waals surface area contributed by atoms with Gasteiger partial charge in [0.05, 0.1) is 10.9 Å². The molecule has 0 bridgehead atoms. The molecule has 0 fully saturated rings. The summed E-state index contributed by atoms with van der Waals surface area (Å²) in [6.07, 6.45) is 0. The largest absolute Gasteiger partial charge is 0.323 e. The van der Waals surface area contributed by atoms with E-state index in [0.717, 1.165) is 22.2 Å². The number of hydrogen-bond acceptors (Lipinski definition) is 6. The lowest BCUT2D eigenvalue weighted by atomic mass is 10.3. The van der Waals surface area contributed by atoms with Crippen LogP contribution in [0.1, 0.15) is 20.8 Å². The van der Waals surface area contributed by atoms with Crippen LogP contribution in [0.2, 0.25) is 0 Å². The molecule has 0 saturated heterocycles. The fourth-order valence-electron chi connectivity index (χ4n) is 1.57. The van der Waals surface area contributed by atoms with Crippen molar-refractivity contribution < 1.29 is 13.6 Å². The van der Waals surface area contributed by atoms with Crippen molar-refractivity contribution in [1.29, 1.82) is 0 Å². The number of amides is 1. The Hall–Kier alpha value is -1.19. The van der Waals surface area contributed by atoms with E-state index in [1.165, 1.54) is 29.2 Å². The third kappa shape index (κ3) is 5.71. The van der Waals surface area contributed by atoms with Gasteiger partial charge in [-0.1, -0.05) is 48.7 Å². The minimum absolute atomic E-state index is 0.0423. The van der Waals surface area contributed by atoms with Gasteiger partial charge in [0.15, 0.2) is 8.68 Å². The molecular formula is C15H17F2N3OS3. The molecule has 9 heteroatoms. The van der Waals surface area contributed by atoms with Gasteiger partial charge < -0.3 is 5.32 Å². The number of nitrogens with one attached hydrogen (secondary N) is 1. The SMILES string of the molecule is CC(C)CSc1nnc(S[C@@H](C)C(=O)Nc2ccc(F)cc2F)s1. The number of anilines is 1. The first-order valence-corrected chi connectivity index (χ1v) is 9.92. The molecule has 4 nitrogen and oxygen atoms in total. The lowest BCUT2D eigenvalue weighted by Crippen LogP contribution is -2.22. The lowest BCUT2D eigenvalue weighted by Gasteiger charge is -2.10. The quantitative estimate of drug-likeness (QED) is 0.697. The van der Waals surface area contributed by atoms with E-state index < -0.39 is 16.9 Å². The summed E-state index contributed by atoms with van der Waals surface area (Å²) in [5.41, 5.74) is -0.0423. The van der Waals surface area contributed by atoms with E-state index in [0.29, 0.717) is 10.3 Å². The normalized spacial score (nSPS) is 12.4. The molecule has 0 unspecified atom stereocenters. The van der Waals surface area contributed by atoms with Crippen molar-refractivity contribution in [2.45, 2.75) is 34.7 Å². The standard InChI is InChI=1S/C15H17F2N3OS3/c1-8(2)7-22-14-19-20-15(24-14)23-9(3)13(21)18-12-5-4-10(16)6-11(12)17/h4-6,8-9H,7H2,1-3H3,(H,18,21)/t9-/m0/s1. The molecule has 2 aromatic rings. The molecule has 0 spiro atoms. The van der Waals surface area contributed by atoms with Crippen LogP contribution in [0.3, 0.4) is 0 Å². The van der Waals surface area contributed by atoms with Crippen molar-refractivity contribution >= 4 is 46.5 Å². The van der Waals surface area contributed by atoms with Gasteiger partial charge in [0.1, 0.15) is 11.6 Å². The molecule has 24 heavy (non-hydrogen) atoms. The molecule has 1 amide bonds. The Balaban J connectivity index is 1.91. The highest BCUT2D eigenvalue weighted by atomic mass is 32.2. The number of benzene rings is 1. The summed E-state index contributed by atoms with van der Waals surface area (Å²) in [4.78, 5) is 12.1. The number of hydrogen-bond donors (Lipinski definition) is 1. The molecule has 130 valence electrons. The van der Waals surface area contributed by atoms with Crippen molar-refractivity contribution in [3.05, 3.63) is 29.8 Å². The molecule has 0 aliphatic heterocycles. The van der Waals surface area contributed by atoms with Gasteiger partial charge in [0, 0.05) is 11.8 Å². The van der Waals surface area contributed by atoms with Gasteiger partial charge in [-0.25, -0.2) is 8.78 Å². The molecule has 2 rings (SSSR count). The second kappa shape index (κ2) is 8.77. The maximum atomic E-state index is 13.6. The molecule has 0 saturated carbocycles. The van der Waals surface area contributed by atoms with Crippen LogP contribution in [0.25, 0.3) is 0 Å². The number of carbonyl (C=O) groups excluding carboxylic acids is 1. The first-order chi connectivity index (χ1) is 11.3. The molecule has 1 N–H and O–H groups in total. The number of nitrogens with zero attached hydrogens (tertiary/aromatic N) is 2. The minimum atomic E-state index is -0.802. The number of rotatable bonds is 7. The van der Waals surface area contributed by atoms with Gasteiger partial charge in [-0.15, -0.1) is 10.2 Å². The summed E-state index contributed by atoms with van der Waals surface area (Å²) in [5.74, 6) is -0.349. The van der Waals surface area contributed by atoms with Crippen LogP contribution in [0.5, 0.6) is 0 Å². The average Bonchev–Trinajstić information content (AvgIpc) is 2.95. The van der Waals surface area contributed by atoms with Crippen LogP contribution in [0.15, 0.2) is 26.9 Å². The first-order valence-electron chi connectivity index (χ1n) is 7.24. The highest BCUT2D eigenvalue weighted by Gasteiger charge is 2.19. The summed E-state index contributed by atoms with van der Waals surface area (Å²) in [5, 5.41) is 10.1. The van der Waals surface area contributed by atoms with E-state index >= 15 is 0 Å². The fraction of sp³-hybridized carbons (Fsp3) is 0.400. The van der Waals surface area contributed by atoms with Gasteiger partial charge in [-0.3, -0.25) is 4.79 Å². The van der Waals surface area contributed by atoms with Gasteiger partial charge in [0.2, 0.25) is 5.91 Å². The zero-order valence-corrected chi connectivity index (χ0v) is 15.8. The predicted molar refractivity (Wildman–Crippen MR) is 95.8 cm³/mol. The molecule has 1 atom stereocenters. The molecular weight excluding hydrogens is 372 g/mol. The predicted octanol–water partition coefficient (Wildman–Crippen LogP) is 4.68. The van der Waals surface area contributed by atoms with Crippen LogP contribution in [-0.2, 0) is 4.79 Å². The van der Waals surface area contributed by atoms with Gasteiger partial charge in [-0.2, -0.15) is 0 Å². The number of thioether (sulfide) groups is 2. The maximum Gasteiger partial charge on any atom is 0.237 e. The minimum Gasteiger partial charge on any atom is -0.323 e. The zero-order chi connectivity index (χ0) is 17.7. The highest BCUT2D eigenvalue weighted by Crippen LogP contribution is 2.32. The van der Waals surface area contributed by atoms with Crippen molar-refractivity contribution in [3.63, 3.8) is 0 Å². The Kier molecular flexibility index (Phi) is 7.00. The van der Waals surface area contributed by atoms with Crippen LogP contribution in [0.4, 0.5) is 14.5 Å².